The highest BCUT2D eigenvalue weighted by Gasteiger charge is 2.25. The lowest BCUT2D eigenvalue weighted by molar-refractivity contribution is -0.143. The molecule has 0 saturated carbocycles. The molecule has 5 heteroatoms. The second-order valence-corrected chi connectivity index (χ2v) is 5.20. The van der Waals surface area contributed by atoms with Crippen LogP contribution in [0.25, 0.3) is 0 Å². The Hall–Kier alpha value is -1.59. The monoisotopic (exact) mass is 279 g/mol. The molecule has 110 valence electrons. The third kappa shape index (κ3) is 3.71. The zero-order valence-corrected chi connectivity index (χ0v) is 11.7. The second-order valence-electron chi connectivity index (χ2n) is 5.20. The Labute approximate surface area is 118 Å². The molecule has 1 atom stereocenters. The number of aliphatic carboxylic acids is 1. The first-order chi connectivity index (χ1) is 9.60. The van der Waals surface area contributed by atoms with E-state index < -0.39 is 12.1 Å². The summed E-state index contributed by atoms with van der Waals surface area (Å²) in [5, 5.41) is 19.2. The SMILES string of the molecule is COc1ccc(C(O)CN2CCC(C(=O)O)CC2)cc1. The van der Waals surface area contributed by atoms with Crippen molar-refractivity contribution in [2.45, 2.75) is 18.9 Å². The number of hydrogen-bond acceptors (Lipinski definition) is 4. The van der Waals surface area contributed by atoms with Crippen molar-refractivity contribution in [3.05, 3.63) is 29.8 Å². The number of β-amino-alcohol motifs (C(OH)–C–C–N with tert-alkyl or cyclic N) is 1. The van der Waals surface area contributed by atoms with Gasteiger partial charge in [0.2, 0.25) is 0 Å². The fourth-order valence-electron chi connectivity index (χ4n) is 2.54. The second kappa shape index (κ2) is 6.72. The van der Waals surface area contributed by atoms with Crippen LogP contribution in [-0.4, -0.2) is 47.8 Å². The number of carboxylic acid groups (broad SMARTS) is 1. The minimum absolute atomic E-state index is 0.232. The molecule has 1 saturated heterocycles. The van der Waals surface area contributed by atoms with Gasteiger partial charge in [-0.1, -0.05) is 12.1 Å². The molecule has 1 aliphatic rings. The fourth-order valence-corrected chi connectivity index (χ4v) is 2.54. The highest BCUT2D eigenvalue weighted by molar-refractivity contribution is 5.70. The Kier molecular flexibility index (Phi) is 4.98. The minimum Gasteiger partial charge on any atom is -0.497 e. The average molecular weight is 279 g/mol. The van der Waals surface area contributed by atoms with Gasteiger partial charge in [-0.15, -0.1) is 0 Å². The van der Waals surface area contributed by atoms with Crippen LogP contribution in [0.5, 0.6) is 5.75 Å². The number of rotatable bonds is 5. The molecular weight excluding hydrogens is 258 g/mol. The molecule has 1 unspecified atom stereocenters. The quantitative estimate of drug-likeness (QED) is 0.855. The number of aliphatic hydroxyl groups excluding tert-OH is 1. The van der Waals surface area contributed by atoms with E-state index >= 15 is 0 Å². The Balaban J connectivity index is 1.85. The molecule has 20 heavy (non-hydrogen) atoms. The normalized spacial score (nSPS) is 18.7. The zero-order chi connectivity index (χ0) is 14.5. The number of likely N-dealkylation sites (tertiary alicyclic amines) is 1. The van der Waals surface area contributed by atoms with E-state index in [0.717, 1.165) is 24.4 Å². The molecule has 1 aromatic carbocycles. The zero-order valence-electron chi connectivity index (χ0n) is 11.7. The molecular formula is C15H21NO4. The van der Waals surface area contributed by atoms with Gasteiger partial charge in [0, 0.05) is 6.54 Å². The van der Waals surface area contributed by atoms with Crippen molar-refractivity contribution in [2.24, 2.45) is 5.92 Å². The molecule has 0 amide bonds. The van der Waals surface area contributed by atoms with Crippen molar-refractivity contribution in [2.75, 3.05) is 26.7 Å². The van der Waals surface area contributed by atoms with Gasteiger partial charge in [0.15, 0.2) is 0 Å². The first-order valence-corrected chi connectivity index (χ1v) is 6.87. The highest BCUT2D eigenvalue weighted by atomic mass is 16.5. The Morgan fingerprint density at radius 2 is 1.95 bits per heavy atom. The summed E-state index contributed by atoms with van der Waals surface area (Å²) in [5.74, 6) is -0.173. The topological polar surface area (TPSA) is 70.0 Å². The Morgan fingerprint density at radius 3 is 2.45 bits per heavy atom. The van der Waals surface area contributed by atoms with Crippen LogP contribution in [0, 0.1) is 5.92 Å². The van der Waals surface area contributed by atoms with Crippen LogP contribution in [-0.2, 0) is 4.79 Å². The van der Waals surface area contributed by atoms with Crippen LogP contribution in [0.15, 0.2) is 24.3 Å². The van der Waals surface area contributed by atoms with Gasteiger partial charge >= 0.3 is 5.97 Å². The summed E-state index contributed by atoms with van der Waals surface area (Å²) >= 11 is 0. The van der Waals surface area contributed by atoms with E-state index in [2.05, 4.69) is 4.90 Å². The summed E-state index contributed by atoms with van der Waals surface area (Å²) in [6.07, 6.45) is 0.761. The van der Waals surface area contributed by atoms with Crippen molar-refractivity contribution in [1.82, 2.24) is 4.90 Å². The first kappa shape index (κ1) is 14.8. The van der Waals surface area contributed by atoms with Crippen LogP contribution in [0.2, 0.25) is 0 Å². The predicted molar refractivity (Wildman–Crippen MR) is 74.8 cm³/mol. The third-order valence-electron chi connectivity index (χ3n) is 3.87. The Bertz CT molecular complexity index is 438. The number of piperidine rings is 1. The number of aliphatic hydroxyl groups is 1. The summed E-state index contributed by atoms with van der Waals surface area (Å²) in [4.78, 5) is 13.0. The maximum Gasteiger partial charge on any atom is 0.306 e. The Morgan fingerprint density at radius 1 is 1.35 bits per heavy atom. The fraction of sp³-hybridized carbons (Fsp3) is 0.533. The number of benzene rings is 1. The van der Waals surface area contributed by atoms with Crippen LogP contribution >= 0.6 is 0 Å². The summed E-state index contributed by atoms with van der Waals surface area (Å²) in [5.41, 5.74) is 0.853. The lowest BCUT2D eigenvalue weighted by atomic mass is 9.96. The van der Waals surface area contributed by atoms with Crippen LogP contribution in [0.1, 0.15) is 24.5 Å². The predicted octanol–water partition coefficient (Wildman–Crippen LogP) is 1.53. The molecule has 2 rings (SSSR count). The van der Waals surface area contributed by atoms with E-state index in [1.807, 2.05) is 24.3 Å². The van der Waals surface area contributed by atoms with Crippen LogP contribution < -0.4 is 4.74 Å². The number of methoxy groups -OCH3 is 1. The van der Waals surface area contributed by atoms with Gasteiger partial charge in [-0.25, -0.2) is 0 Å². The maximum absolute atomic E-state index is 10.9. The third-order valence-corrected chi connectivity index (χ3v) is 3.87. The molecule has 1 aromatic rings. The number of carbonyl (C=O) groups is 1. The smallest absolute Gasteiger partial charge is 0.306 e. The van der Waals surface area contributed by atoms with Gasteiger partial charge < -0.3 is 19.8 Å². The van der Waals surface area contributed by atoms with E-state index in [0.29, 0.717) is 19.4 Å². The van der Waals surface area contributed by atoms with E-state index in [-0.39, 0.29) is 5.92 Å². The average Bonchev–Trinajstić information content (AvgIpc) is 2.48. The highest BCUT2D eigenvalue weighted by Crippen LogP contribution is 2.22. The number of ether oxygens (including phenoxy) is 1. The first-order valence-electron chi connectivity index (χ1n) is 6.87. The summed E-state index contributed by atoms with van der Waals surface area (Å²) in [6.45, 7) is 1.99. The molecule has 0 spiro atoms. The number of hydrogen-bond donors (Lipinski definition) is 2. The van der Waals surface area contributed by atoms with Crippen LogP contribution in [0.3, 0.4) is 0 Å². The maximum atomic E-state index is 10.9. The summed E-state index contributed by atoms with van der Waals surface area (Å²) in [7, 11) is 1.61. The number of nitrogens with zero attached hydrogens (tertiary/aromatic N) is 1. The lowest BCUT2D eigenvalue weighted by Gasteiger charge is -2.31. The minimum atomic E-state index is -0.708. The molecule has 0 radical (unpaired) electrons. The standard InChI is InChI=1S/C15H21NO4/c1-20-13-4-2-11(3-5-13)14(17)10-16-8-6-12(7-9-16)15(18)19/h2-5,12,14,17H,6-10H2,1H3,(H,18,19). The van der Waals surface area contributed by atoms with Gasteiger partial charge in [-0.2, -0.15) is 0 Å². The van der Waals surface area contributed by atoms with Crippen molar-refractivity contribution < 1.29 is 19.7 Å². The van der Waals surface area contributed by atoms with E-state index in [9.17, 15) is 9.90 Å². The van der Waals surface area contributed by atoms with Gasteiger partial charge in [0.25, 0.3) is 0 Å². The molecule has 0 aliphatic carbocycles. The van der Waals surface area contributed by atoms with Crippen molar-refractivity contribution in [3.63, 3.8) is 0 Å². The van der Waals surface area contributed by atoms with Crippen molar-refractivity contribution >= 4 is 5.97 Å². The van der Waals surface area contributed by atoms with Crippen LogP contribution in [0.4, 0.5) is 0 Å². The van der Waals surface area contributed by atoms with Crippen molar-refractivity contribution in [1.29, 1.82) is 0 Å². The molecule has 5 nitrogen and oxygen atoms in total. The van der Waals surface area contributed by atoms with Crippen molar-refractivity contribution in [3.8, 4) is 5.75 Å². The van der Waals surface area contributed by atoms with Gasteiger partial charge in [-0.05, 0) is 43.6 Å². The molecule has 1 fully saturated rings. The molecule has 1 aliphatic heterocycles. The summed E-state index contributed by atoms with van der Waals surface area (Å²) in [6, 6.07) is 7.37. The molecule has 2 N–H and O–H groups in total. The lowest BCUT2D eigenvalue weighted by Crippen LogP contribution is -2.38. The van der Waals surface area contributed by atoms with E-state index in [4.69, 9.17) is 9.84 Å². The van der Waals surface area contributed by atoms with Gasteiger partial charge in [-0.3, -0.25) is 4.79 Å². The number of carboxylic acids is 1. The van der Waals surface area contributed by atoms with Gasteiger partial charge in [0.05, 0.1) is 19.1 Å². The molecule has 1 heterocycles. The summed E-state index contributed by atoms with van der Waals surface area (Å²) < 4.78 is 5.09. The van der Waals surface area contributed by atoms with Gasteiger partial charge in [0.1, 0.15) is 5.75 Å². The van der Waals surface area contributed by atoms with E-state index in [1.54, 1.807) is 7.11 Å². The van der Waals surface area contributed by atoms with E-state index in [1.165, 1.54) is 0 Å². The largest absolute Gasteiger partial charge is 0.497 e. The molecule has 0 bridgehead atoms. The molecule has 0 aromatic heterocycles.